The number of fused-ring (bicyclic) bond motifs is 1. The molecular formula is C16H12F3N3O3S. The topological polar surface area (TPSA) is 81.9 Å². The molecule has 0 aliphatic carbocycles. The van der Waals surface area contributed by atoms with Crippen LogP contribution in [0.3, 0.4) is 0 Å². The number of benzene rings is 1. The highest BCUT2D eigenvalue weighted by atomic mass is 32.2. The Labute approximate surface area is 145 Å². The van der Waals surface area contributed by atoms with Gasteiger partial charge in [-0.2, -0.15) is 23.0 Å². The van der Waals surface area contributed by atoms with Gasteiger partial charge in [-0.1, -0.05) is 6.92 Å². The lowest BCUT2D eigenvalue weighted by atomic mass is 10.1. The zero-order chi connectivity index (χ0) is 19.1. The lowest BCUT2D eigenvalue weighted by Crippen LogP contribution is -2.24. The zero-order valence-electron chi connectivity index (χ0n) is 13.4. The molecule has 0 atom stereocenters. The lowest BCUT2D eigenvalue weighted by Gasteiger charge is -2.11. The van der Waals surface area contributed by atoms with Gasteiger partial charge in [0.05, 0.1) is 22.9 Å². The van der Waals surface area contributed by atoms with Crippen LogP contribution in [-0.4, -0.2) is 28.9 Å². The third-order valence-electron chi connectivity index (χ3n) is 3.78. The Hall–Kier alpha value is -2.75. The Morgan fingerprint density at radius 3 is 2.58 bits per heavy atom. The van der Waals surface area contributed by atoms with Crippen molar-refractivity contribution in [2.75, 3.05) is 5.75 Å². The largest absolute Gasteiger partial charge is 0.416 e. The van der Waals surface area contributed by atoms with E-state index < -0.39 is 27.1 Å². The standard InChI is InChI=1S/C16H12F3N3O3S/c1-2-26(24,25)13-4-3-7-20-14(13)22-15(23)12-6-5-11(16(17,18)19)8-10(12)9-21-22/h3-9H,2H2,1H3. The van der Waals surface area contributed by atoms with Crippen molar-refractivity contribution < 1.29 is 21.6 Å². The van der Waals surface area contributed by atoms with Gasteiger partial charge in [0.25, 0.3) is 5.56 Å². The van der Waals surface area contributed by atoms with Gasteiger partial charge in [0, 0.05) is 11.6 Å². The van der Waals surface area contributed by atoms with Gasteiger partial charge < -0.3 is 0 Å². The van der Waals surface area contributed by atoms with E-state index in [4.69, 9.17) is 0 Å². The highest BCUT2D eigenvalue weighted by Gasteiger charge is 2.30. The fourth-order valence-electron chi connectivity index (χ4n) is 2.42. The van der Waals surface area contributed by atoms with Crippen molar-refractivity contribution in [1.82, 2.24) is 14.8 Å². The molecule has 0 saturated carbocycles. The molecule has 0 aliphatic heterocycles. The number of hydrogen-bond donors (Lipinski definition) is 0. The average Bonchev–Trinajstić information content (AvgIpc) is 2.61. The molecule has 0 spiro atoms. The molecular weight excluding hydrogens is 371 g/mol. The second-order valence-corrected chi connectivity index (χ2v) is 7.64. The normalized spacial score (nSPS) is 12.5. The quantitative estimate of drug-likeness (QED) is 0.694. The minimum atomic E-state index is -4.55. The Bertz CT molecular complexity index is 1150. The Kier molecular flexibility index (Phi) is 4.31. The van der Waals surface area contributed by atoms with Crippen LogP contribution in [0.1, 0.15) is 12.5 Å². The number of rotatable bonds is 3. The molecule has 0 unspecified atom stereocenters. The van der Waals surface area contributed by atoms with Crippen molar-refractivity contribution in [1.29, 1.82) is 0 Å². The van der Waals surface area contributed by atoms with E-state index >= 15 is 0 Å². The summed E-state index contributed by atoms with van der Waals surface area (Å²) in [5.41, 5.74) is -1.67. The molecule has 3 rings (SSSR count). The Morgan fingerprint density at radius 1 is 1.19 bits per heavy atom. The van der Waals surface area contributed by atoms with Gasteiger partial charge >= 0.3 is 6.18 Å². The SMILES string of the molecule is CCS(=O)(=O)c1cccnc1-n1ncc2cc(C(F)(F)F)ccc2c1=O. The predicted molar refractivity (Wildman–Crippen MR) is 87.9 cm³/mol. The van der Waals surface area contributed by atoms with E-state index in [2.05, 4.69) is 10.1 Å². The first-order valence-corrected chi connectivity index (χ1v) is 9.08. The molecule has 26 heavy (non-hydrogen) atoms. The molecule has 3 aromatic rings. The first-order valence-electron chi connectivity index (χ1n) is 7.42. The third kappa shape index (κ3) is 3.07. The fourth-order valence-corrected chi connectivity index (χ4v) is 3.43. The zero-order valence-corrected chi connectivity index (χ0v) is 14.2. The minimum Gasteiger partial charge on any atom is -0.267 e. The van der Waals surface area contributed by atoms with E-state index in [1.165, 1.54) is 25.3 Å². The molecule has 0 saturated heterocycles. The second-order valence-electron chi connectivity index (χ2n) is 5.39. The molecule has 0 radical (unpaired) electrons. The fraction of sp³-hybridized carbons (Fsp3) is 0.188. The number of pyridine rings is 1. The van der Waals surface area contributed by atoms with Crippen molar-refractivity contribution in [2.24, 2.45) is 0 Å². The third-order valence-corrected chi connectivity index (χ3v) is 5.53. The summed E-state index contributed by atoms with van der Waals surface area (Å²) in [6, 6.07) is 5.35. The van der Waals surface area contributed by atoms with Gasteiger partial charge in [-0.3, -0.25) is 4.79 Å². The summed E-state index contributed by atoms with van der Waals surface area (Å²) >= 11 is 0. The molecule has 0 aliphatic rings. The van der Waals surface area contributed by atoms with Gasteiger partial charge in [0.15, 0.2) is 15.7 Å². The van der Waals surface area contributed by atoms with Crippen LogP contribution in [0.2, 0.25) is 0 Å². The molecule has 6 nitrogen and oxygen atoms in total. The van der Waals surface area contributed by atoms with Crippen molar-refractivity contribution in [3.63, 3.8) is 0 Å². The van der Waals surface area contributed by atoms with Crippen LogP contribution in [0.4, 0.5) is 13.2 Å². The van der Waals surface area contributed by atoms with E-state index in [1.54, 1.807) is 0 Å². The maximum atomic E-state index is 12.8. The van der Waals surface area contributed by atoms with Crippen molar-refractivity contribution in [3.05, 3.63) is 58.6 Å². The van der Waals surface area contributed by atoms with Gasteiger partial charge in [0.1, 0.15) is 4.90 Å². The Morgan fingerprint density at radius 2 is 1.92 bits per heavy atom. The molecule has 0 amide bonds. The number of aromatic nitrogens is 3. The highest BCUT2D eigenvalue weighted by Crippen LogP contribution is 2.30. The second kappa shape index (κ2) is 6.20. The molecule has 2 aromatic heterocycles. The first-order chi connectivity index (χ1) is 12.1. The summed E-state index contributed by atoms with van der Waals surface area (Å²) in [4.78, 5) is 16.4. The molecule has 0 N–H and O–H groups in total. The van der Waals surface area contributed by atoms with Crippen LogP contribution in [0.25, 0.3) is 16.6 Å². The van der Waals surface area contributed by atoms with Crippen LogP contribution in [-0.2, 0) is 16.0 Å². The van der Waals surface area contributed by atoms with Crippen molar-refractivity contribution in [3.8, 4) is 5.82 Å². The summed E-state index contributed by atoms with van der Waals surface area (Å²) in [6.07, 6.45) is -2.18. The molecule has 1 aromatic carbocycles. The number of halogens is 3. The lowest BCUT2D eigenvalue weighted by molar-refractivity contribution is -0.137. The monoisotopic (exact) mass is 383 g/mol. The molecule has 2 heterocycles. The van der Waals surface area contributed by atoms with Gasteiger partial charge in [-0.25, -0.2) is 13.4 Å². The van der Waals surface area contributed by atoms with E-state index in [9.17, 15) is 26.4 Å². The minimum absolute atomic E-state index is 0.00287. The van der Waals surface area contributed by atoms with E-state index in [-0.39, 0.29) is 27.2 Å². The molecule has 0 fully saturated rings. The van der Waals surface area contributed by atoms with Crippen LogP contribution in [0.5, 0.6) is 0 Å². The molecule has 0 bridgehead atoms. The predicted octanol–water partition coefficient (Wildman–Crippen LogP) is 2.59. The van der Waals surface area contributed by atoms with Crippen LogP contribution in [0, 0.1) is 0 Å². The number of hydrogen-bond acceptors (Lipinski definition) is 5. The highest BCUT2D eigenvalue weighted by molar-refractivity contribution is 7.91. The summed E-state index contributed by atoms with van der Waals surface area (Å²) in [5, 5.41) is 3.79. The van der Waals surface area contributed by atoms with Crippen LogP contribution in [0.15, 0.2) is 52.4 Å². The average molecular weight is 383 g/mol. The summed E-state index contributed by atoms with van der Waals surface area (Å²) in [5.74, 6) is -0.399. The molecule has 10 heteroatoms. The smallest absolute Gasteiger partial charge is 0.267 e. The van der Waals surface area contributed by atoms with E-state index in [1.807, 2.05) is 0 Å². The van der Waals surface area contributed by atoms with Gasteiger partial charge in [0.2, 0.25) is 0 Å². The summed E-state index contributed by atoms with van der Waals surface area (Å²) < 4.78 is 63.6. The number of nitrogens with zero attached hydrogens (tertiary/aromatic N) is 3. The number of sulfone groups is 1. The van der Waals surface area contributed by atoms with Crippen LogP contribution < -0.4 is 5.56 Å². The first kappa shape index (κ1) is 18.1. The van der Waals surface area contributed by atoms with Crippen molar-refractivity contribution in [2.45, 2.75) is 18.0 Å². The van der Waals surface area contributed by atoms with E-state index in [0.717, 1.165) is 29.1 Å². The molecule has 136 valence electrons. The number of alkyl halides is 3. The maximum absolute atomic E-state index is 12.8. The van der Waals surface area contributed by atoms with Gasteiger partial charge in [-0.05, 0) is 30.3 Å². The maximum Gasteiger partial charge on any atom is 0.416 e. The van der Waals surface area contributed by atoms with Crippen molar-refractivity contribution >= 4 is 20.6 Å². The summed E-state index contributed by atoms with van der Waals surface area (Å²) in [7, 11) is -3.68. The summed E-state index contributed by atoms with van der Waals surface area (Å²) in [6.45, 7) is 1.45. The Balaban J connectivity index is 2.27. The van der Waals surface area contributed by atoms with Gasteiger partial charge in [-0.15, -0.1) is 0 Å². The van der Waals surface area contributed by atoms with Crippen LogP contribution >= 0.6 is 0 Å². The van der Waals surface area contributed by atoms with E-state index in [0.29, 0.717) is 0 Å².